The Labute approximate surface area is 273 Å². The fourth-order valence-electron chi connectivity index (χ4n) is 5.90. The van der Waals surface area contributed by atoms with Crippen LogP contribution in [0, 0.1) is 11.7 Å². The van der Waals surface area contributed by atoms with Crippen molar-refractivity contribution in [2.75, 3.05) is 19.3 Å². The Morgan fingerprint density at radius 1 is 1.02 bits per heavy atom. The van der Waals surface area contributed by atoms with Crippen LogP contribution in [0.25, 0.3) is 0 Å². The highest BCUT2D eigenvalue weighted by Gasteiger charge is 2.44. The van der Waals surface area contributed by atoms with Crippen LogP contribution < -0.4 is 5.32 Å². The Hall–Kier alpha value is -3.73. The summed E-state index contributed by atoms with van der Waals surface area (Å²) in [5, 5.41) is 9.59. The number of rotatable bonds is 8. The Kier molecular flexibility index (Phi) is 12.3. The number of likely N-dealkylation sites (tertiary alicyclic amines) is 1. The largest absolute Gasteiger partial charge is 0.490 e. The standard InChI is InChI=1S/C29H35F4N3O4S.C2HF3O2/c1-18(2)35(3)23-9-10-26(20(15-23)17-41(39,40)24-7-5-4-6-8-24)36-12-11-25(28(36)38)34-27(37)19-13-21(29(31,32)33)16-22(30)14-19;3-2(4,5)1(6)7/h4-8,13-14,16,18,20,23,25-26H,9-12,15,17H2,1-3H3,(H,34,37);(H,6,7)/t20-,23+,25-,26-;/m0./s1. The first-order chi connectivity index (χ1) is 22.1. The molecule has 17 heteroatoms. The number of carboxylic acids is 1. The third-order valence-corrected chi connectivity index (χ3v) is 10.4. The molecule has 1 aliphatic carbocycles. The molecule has 0 bridgehead atoms. The summed E-state index contributed by atoms with van der Waals surface area (Å²) in [5.74, 6) is -5.89. The van der Waals surface area contributed by atoms with E-state index in [-0.39, 0.29) is 47.7 Å². The van der Waals surface area contributed by atoms with E-state index in [1.165, 1.54) is 0 Å². The third-order valence-electron chi connectivity index (χ3n) is 8.52. The Morgan fingerprint density at radius 2 is 1.62 bits per heavy atom. The van der Waals surface area contributed by atoms with E-state index in [0.717, 1.165) is 6.42 Å². The average Bonchev–Trinajstić information content (AvgIpc) is 3.35. The van der Waals surface area contributed by atoms with Crippen molar-refractivity contribution in [1.82, 2.24) is 15.1 Å². The average molecular weight is 712 g/mol. The first kappa shape index (κ1) is 38.7. The second-order valence-electron chi connectivity index (χ2n) is 12.0. The molecular weight excluding hydrogens is 675 g/mol. The Morgan fingerprint density at radius 3 is 2.17 bits per heavy atom. The van der Waals surface area contributed by atoms with Gasteiger partial charge < -0.3 is 20.2 Å². The number of hydrogen-bond donors (Lipinski definition) is 2. The van der Waals surface area contributed by atoms with Crippen molar-refractivity contribution in [2.45, 2.75) is 80.9 Å². The van der Waals surface area contributed by atoms with Gasteiger partial charge in [-0.1, -0.05) is 18.2 Å². The number of amides is 2. The van der Waals surface area contributed by atoms with Crippen molar-refractivity contribution >= 4 is 27.6 Å². The lowest BCUT2D eigenvalue weighted by atomic mass is 9.81. The number of aliphatic carboxylic acids is 1. The smallest absolute Gasteiger partial charge is 0.475 e. The van der Waals surface area contributed by atoms with Gasteiger partial charge in [-0.05, 0) is 82.8 Å². The van der Waals surface area contributed by atoms with E-state index in [9.17, 15) is 48.7 Å². The van der Waals surface area contributed by atoms with Crippen LogP contribution in [0.2, 0.25) is 0 Å². The van der Waals surface area contributed by atoms with Crippen molar-refractivity contribution < 1.29 is 58.6 Å². The van der Waals surface area contributed by atoms with E-state index in [1.807, 2.05) is 7.05 Å². The lowest BCUT2D eigenvalue weighted by Crippen LogP contribution is -2.53. The Balaban J connectivity index is 0.000000804. The molecular formula is C31H36F7N3O6S. The van der Waals surface area contributed by atoms with Crippen molar-refractivity contribution in [1.29, 1.82) is 0 Å². The molecule has 0 unspecified atom stereocenters. The minimum Gasteiger partial charge on any atom is -0.475 e. The Bertz CT molecular complexity index is 1570. The molecule has 266 valence electrons. The second-order valence-corrected chi connectivity index (χ2v) is 14.1. The molecule has 1 aliphatic heterocycles. The van der Waals surface area contributed by atoms with Crippen molar-refractivity contribution in [3.8, 4) is 0 Å². The summed E-state index contributed by atoms with van der Waals surface area (Å²) < 4.78 is 112. The molecule has 9 nitrogen and oxygen atoms in total. The van der Waals surface area contributed by atoms with Crippen LogP contribution in [-0.4, -0.2) is 90.8 Å². The molecule has 1 saturated carbocycles. The summed E-state index contributed by atoms with van der Waals surface area (Å²) in [6.45, 7) is 4.39. The van der Waals surface area contributed by atoms with E-state index in [2.05, 4.69) is 24.1 Å². The molecule has 0 aromatic heterocycles. The number of benzene rings is 2. The van der Waals surface area contributed by atoms with Gasteiger partial charge in [0.15, 0.2) is 9.84 Å². The maximum absolute atomic E-state index is 13.8. The maximum Gasteiger partial charge on any atom is 0.490 e. The quantitative estimate of drug-likeness (QED) is 0.363. The van der Waals surface area contributed by atoms with Gasteiger partial charge in [-0.25, -0.2) is 17.6 Å². The number of nitrogens with zero attached hydrogens (tertiary/aromatic N) is 2. The first-order valence-corrected chi connectivity index (χ1v) is 16.6. The molecule has 4 rings (SSSR count). The van der Waals surface area contributed by atoms with Crippen molar-refractivity contribution in [2.24, 2.45) is 5.92 Å². The molecule has 48 heavy (non-hydrogen) atoms. The third kappa shape index (κ3) is 9.90. The van der Waals surface area contributed by atoms with Gasteiger partial charge in [-0.3, -0.25) is 9.59 Å². The van der Waals surface area contributed by atoms with Crippen LogP contribution in [0.5, 0.6) is 0 Å². The molecule has 4 atom stereocenters. The van der Waals surface area contributed by atoms with E-state index in [4.69, 9.17) is 9.90 Å². The monoisotopic (exact) mass is 711 g/mol. The van der Waals surface area contributed by atoms with Crippen LogP contribution in [-0.2, 0) is 25.6 Å². The van der Waals surface area contributed by atoms with Crippen LogP contribution in [0.1, 0.15) is 55.5 Å². The summed E-state index contributed by atoms with van der Waals surface area (Å²) in [7, 11) is -1.65. The highest BCUT2D eigenvalue weighted by Crippen LogP contribution is 2.36. The van der Waals surface area contributed by atoms with Gasteiger partial charge >= 0.3 is 18.3 Å². The molecule has 2 amide bonds. The summed E-state index contributed by atoms with van der Waals surface area (Å²) in [6, 6.07) is 8.68. The van der Waals surface area contributed by atoms with Gasteiger partial charge in [0.2, 0.25) is 5.91 Å². The van der Waals surface area contributed by atoms with E-state index >= 15 is 0 Å². The highest BCUT2D eigenvalue weighted by molar-refractivity contribution is 7.91. The number of carboxylic acid groups (broad SMARTS) is 1. The zero-order valence-electron chi connectivity index (χ0n) is 26.2. The minimum atomic E-state index is -5.08. The molecule has 2 N–H and O–H groups in total. The minimum absolute atomic E-state index is 0.131. The molecule has 0 spiro atoms. The summed E-state index contributed by atoms with van der Waals surface area (Å²) in [5.41, 5.74) is -1.83. The molecule has 1 heterocycles. The molecule has 2 aromatic carbocycles. The van der Waals surface area contributed by atoms with Gasteiger partial charge in [0.25, 0.3) is 5.91 Å². The lowest BCUT2D eigenvalue weighted by Gasteiger charge is -2.44. The van der Waals surface area contributed by atoms with Crippen LogP contribution >= 0.6 is 0 Å². The van der Waals surface area contributed by atoms with E-state index < -0.39 is 63.0 Å². The van der Waals surface area contributed by atoms with Crippen molar-refractivity contribution in [3.63, 3.8) is 0 Å². The summed E-state index contributed by atoms with van der Waals surface area (Å²) in [6.07, 6.45) is -7.83. The molecule has 2 aliphatic rings. The zero-order chi connectivity index (χ0) is 36.2. The number of alkyl halides is 6. The number of sulfone groups is 1. The maximum atomic E-state index is 13.8. The molecule has 2 fully saturated rings. The topological polar surface area (TPSA) is 124 Å². The van der Waals surface area contributed by atoms with Gasteiger partial charge in [0, 0.05) is 30.2 Å². The SMILES string of the molecule is CC(C)N(C)[C@@H]1CC[C@H](N2CC[C@H](NC(=O)c3cc(F)cc(C(F)(F)F)c3)C2=O)[C@H](CS(=O)(=O)c2ccccc2)C1.O=C(O)C(F)(F)F. The second kappa shape index (κ2) is 15.2. The molecule has 2 aromatic rings. The van der Waals surface area contributed by atoms with E-state index in [0.29, 0.717) is 31.0 Å². The van der Waals surface area contributed by atoms with Crippen LogP contribution in [0.15, 0.2) is 53.4 Å². The van der Waals surface area contributed by atoms with Gasteiger partial charge in [0.05, 0.1) is 16.2 Å². The number of carbonyl (C=O) groups is 3. The van der Waals surface area contributed by atoms with Gasteiger partial charge in [-0.2, -0.15) is 26.3 Å². The van der Waals surface area contributed by atoms with Crippen molar-refractivity contribution in [3.05, 3.63) is 65.5 Å². The highest BCUT2D eigenvalue weighted by atomic mass is 32.2. The van der Waals surface area contributed by atoms with Crippen LogP contribution in [0.4, 0.5) is 30.7 Å². The molecule has 0 radical (unpaired) electrons. The fraction of sp³-hybridized carbons (Fsp3) is 0.516. The predicted molar refractivity (Wildman–Crippen MR) is 159 cm³/mol. The first-order valence-electron chi connectivity index (χ1n) is 14.9. The number of carbonyl (C=O) groups excluding carboxylic acids is 2. The zero-order valence-corrected chi connectivity index (χ0v) is 27.0. The number of nitrogens with one attached hydrogen (secondary N) is 1. The summed E-state index contributed by atoms with van der Waals surface area (Å²) >= 11 is 0. The number of halogens is 7. The summed E-state index contributed by atoms with van der Waals surface area (Å²) in [4.78, 5) is 39.1. The molecule has 1 saturated heterocycles. The van der Waals surface area contributed by atoms with Gasteiger partial charge in [0.1, 0.15) is 11.9 Å². The fourth-order valence-corrected chi connectivity index (χ4v) is 7.59. The lowest BCUT2D eigenvalue weighted by molar-refractivity contribution is -0.192. The van der Waals surface area contributed by atoms with E-state index in [1.54, 1.807) is 35.2 Å². The normalized spacial score (nSPS) is 22.0. The van der Waals surface area contributed by atoms with Crippen LogP contribution in [0.3, 0.4) is 0 Å². The number of hydrogen-bond acceptors (Lipinski definition) is 6. The van der Waals surface area contributed by atoms with Gasteiger partial charge in [-0.15, -0.1) is 0 Å². The predicted octanol–water partition coefficient (Wildman–Crippen LogP) is 5.16.